The van der Waals surface area contributed by atoms with E-state index < -0.39 is 34.1 Å². The molecule has 14 heavy (non-hydrogen) atoms. The minimum absolute atomic E-state index is 0.480. The van der Waals surface area contributed by atoms with Gasteiger partial charge >= 0.3 is 0 Å². The quantitative estimate of drug-likeness (QED) is 0.464. The maximum atomic E-state index is 13.2. The summed E-state index contributed by atoms with van der Waals surface area (Å²) in [6.07, 6.45) is 1.13. The topological polar surface area (TPSA) is 26.0 Å². The molecule has 0 bridgehead atoms. The molecule has 0 aliphatic heterocycles. The minimum Gasteiger partial charge on any atom is -0.321 e. The van der Waals surface area contributed by atoms with Crippen LogP contribution in [0.15, 0.2) is 18.7 Å². The highest BCUT2D eigenvalue weighted by atomic mass is 35.5. The Morgan fingerprint density at radius 2 is 1.93 bits per heavy atom. The average molecular weight is 222 g/mol. The molecule has 0 amide bonds. The largest absolute Gasteiger partial charge is 0.321 e. The Kier molecular flexibility index (Phi) is 3.18. The third-order valence-electron chi connectivity index (χ3n) is 1.74. The molecule has 1 unspecified atom stereocenters. The molecule has 0 spiro atoms. The predicted molar refractivity (Wildman–Crippen MR) is 48.5 cm³/mol. The first-order valence-electron chi connectivity index (χ1n) is 3.70. The SMILES string of the molecule is C=CC(N)c1c(F)cc(F)c(Cl)c1F. The number of hydrogen-bond donors (Lipinski definition) is 1. The lowest BCUT2D eigenvalue weighted by Crippen LogP contribution is -2.12. The van der Waals surface area contributed by atoms with Gasteiger partial charge in [-0.1, -0.05) is 17.7 Å². The Morgan fingerprint density at radius 1 is 1.36 bits per heavy atom. The van der Waals surface area contributed by atoms with E-state index in [1.165, 1.54) is 0 Å². The molecule has 0 fully saturated rings. The zero-order chi connectivity index (χ0) is 10.9. The van der Waals surface area contributed by atoms with Crippen LogP contribution >= 0.6 is 11.6 Å². The van der Waals surface area contributed by atoms with E-state index in [0.29, 0.717) is 6.07 Å². The van der Waals surface area contributed by atoms with Crippen molar-refractivity contribution in [3.8, 4) is 0 Å². The molecule has 1 nitrogen and oxygen atoms in total. The molecule has 2 N–H and O–H groups in total. The molecule has 76 valence electrons. The first-order chi connectivity index (χ1) is 6.49. The van der Waals surface area contributed by atoms with Crippen molar-refractivity contribution in [3.05, 3.63) is 46.8 Å². The lowest BCUT2D eigenvalue weighted by atomic mass is 10.1. The van der Waals surface area contributed by atoms with E-state index in [1.807, 2.05) is 0 Å². The third-order valence-corrected chi connectivity index (χ3v) is 2.08. The summed E-state index contributed by atoms with van der Waals surface area (Å²) in [7, 11) is 0. The molecule has 0 aromatic heterocycles. The van der Waals surface area contributed by atoms with Crippen molar-refractivity contribution in [2.75, 3.05) is 0 Å². The van der Waals surface area contributed by atoms with Crippen LogP contribution in [0.1, 0.15) is 11.6 Å². The average Bonchev–Trinajstić information content (AvgIpc) is 2.14. The molecule has 0 aliphatic rings. The van der Waals surface area contributed by atoms with Gasteiger partial charge in [-0.2, -0.15) is 0 Å². The van der Waals surface area contributed by atoms with E-state index in [4.69, 9.17) is 17.3 Å². The van der Waals surface area contributed by atoms with Gasteiger partial charge in [-0.05, 0) is 0 Å². The molecule has 1 atom stereocenters. The monoisotopic (exact) mass is 221 g/mol. The van der Waals surface area contributed by atoms with Crippen molar-refractivity contribution in [2.45, 2.75) is 6.04 Å². The molecule has 1 aromatic carbocycles. The Hall–Kier alpha value is -1.00. The molecule has 1 rings (SSSR count). The molecular weight excluding hydrogens is 215 g/mol. The Bertz CT molecular complexity index is 379. The number of hydrogen-bond acceptors (Lipinski definition) is 1. The van der Waals surface area contributed by atoms with Crippen LogP contribution in [-0.2, 0) is 0 Å². The highest BCUT2D eigenvalue weighted by Crippen LogP contribution is 2.28. The van der Waals surface area contributed by atoms with Crippen molar-refractivity contribution in [1.82, 2.24) is 0 Å². The van der Waals surface area contributed by atoms with E-state index in [0.717, 1.165) is 6.08 Å². The summed E-state index contributed by atoms with van der Waals surface area (Å²) in [5, 5.41) is -0.765. The maximum absolute atomic E-state index is 13.2. The first kappa shape index (κ1) is 11.1. The molecule has 0 saturated carbocycles. The fourth-order valence-electron chi connectivity index (χ4n) is 1.00. The Morgan fingerprint density at radius 3 is 2.43 bits per heavy atom. The van der Waals surface area contributed by atoms with Crippen LogP contribution in [-0.4, -0.2) is 0 Å². The van der Waals surface area contributed by atoms with Gasteiger partial charge in [0.1, 0.15) is 16.7 Å². The fourth-order valence-corrected chi connectivity index (χ4v) is 1.16. The Labute approximate surface area is 84.0 Å². The molecular formula is C9H7ClF3N. The molecule has 0 saturated heterocycles. The summed E-state index contributed by atoms with van der Waals surface area (Å²) in [6, 6.07) is -0.558. The second-order valence-electron chi connectivity index (χ2n) is 2.64. The van der Waals surface area contributed by atoms with Gasteiger partial charge in [0.2, 0.25) is 0 Å². The molecule has 0 radical (unpaired) electrons. The standard InChI is InChI=1S/C9H7ClF3N/c1-2-6(14)7-4(11)3-5(12)8(10)9(7)13/h2-3,6H,1,14H2. The van der Waals surface area contributed by atoms with Gasteiger partial charge in [0.15, 0.2) is 5.82 Å². The van der Waals surface area contributed by atoms with Crippen molar-refractivity contribution in [1.29, 1.82) is 0 Å². The van der Waals surface area contributed by atoms with Crippen molar-refractivity contribution < 1.29 is 13.2 Å². The van der Waals surface area contributed by atoms with Gasteiger partial charge in [-0.3, -0.25) is 0 Å². The molecule has 1 aromatic rings. The van der Waals surface area contributed by atoms with E-state index >= 15 is 0 Å². The second-order valence-corrected chi connectivity index (χ2v) is 3.02. The van der Waals surface area contributed by atoms with Gasteiger partial charge in [-0.15, -0.1) is 6.58 Å². The van der Waals surface area contributed by atoms with Crippen LogP contribution in [0.4, 0.5) is 13.2 Å². The van der Waals surface area contributed by atoms with Crippen LogP contribution in [0.2, 0.25) is 5.02 Å². The lowest BCUT2D eigenvalue weighted by molar-refractivity contribution is 0.517. The van der Waals surface area contributed by atoms with E-state index in [2.05, 4.69) is 6.58 Å². The van der Waals surface area contributed by atoms with Crippen LogP contribution < -0.4 is 5.73 Å². The summed E-state index contributed by atoms with van der Waals surface area (Å²) in [6.45, 7) is 3.28. The lowest BCUT2D eigenvalue weighted by Gasteiger charge is -2.10. The number of rotatable bonds is 2. The summed E-state index contributed by atoms with van der Waals surface area (Å²) in [4.78, 5) is 0. The van der Waals surface area contributed by atoms with Crippen molar-refractivity contribution >= 4 is 11.6 Å². The van der Waals surface area contributed by atoms with Gasteiger partial charge in [0.05, 0.1) is 6.04 Å². The van der Waals surface area contributed by atoms with Crippen LogP contribution in [0.3, 0.4) is 0 Å². The smallest absolute Gasteiger partial charge is 0.152 e. The van der Waals surface area contributed by atoms with Gasteiger partial charge in [0, 0.05) is 11.6 Å². The summed E-state index contributed by atoms with van der Waals surface area (Å²) in [5.74, 6) is -3.41. The van der Waals surface area contributed by atoms with Crippen molar-refractivity contribution in [3.63, 3.8) is 0 Å². The van der Waals surface area contributed by atoms with E-state index in [9.17, 15) is 13.2 Å². The van der Waals surface area contributed by atoms with E-state index in [-0.39, 0.29) is 0 Å². The van der Waals surface area contributed by atoms with Gasteiger partial charge in [0.25, 0.3) is 0 Å². The Balaban J connectivity index is 3.43. The summed E-state index contributed by atoms with van der Waals surface area (Å²) in [5.41, 5.74) is 4.86. The highest BCUT2D eigenvalue weighted by molar-refractivity contribution is 6.31. The minimum atomic E-state index is -1.18. The molecule has 5 heteroatoms. The number of benzene rings is 1. The fraction of sp³-hybridized carbons (Fsp3) is 0.111. The zero-order valence-electron chi connectivity index (χ0n) is 7.03. The first-order valence-corrected chi connectivity index (χ1v) is 4.07. The van der Waals surface area contributed by atoms with Crippen LogP contribution in [0.25, 0.3) is 0 Å². The van der Waals surface area contributed by atoms with Gasteiger partial charge < -0.3 is 5.73 Å². The number of nitrogens with two attached hydrogens (primary N) is 1. The zero-order valence-corrected chi connectivity index (χ0v) is 7.78. The van der Waals surface area contributed by atoms with Crippen molar-refractivity contribution in [2.24, 2.45) is 5.73 Å². The van der Waals surface area contributed by atoms with E-state index in [1.54, 1.807) is 0 Å². The highest BCUT2D eigenvalue weighted by Gasteiger charge is 2.20. The number of halogens is 4. The second kappa shape index (κ2) is 4.02. The molecule has 0 aliphatic carbocycles. The maximum Gasteiger partial charge on any atom is 0.152 e. The summed E-state index contributed by atoms with van der Waals surface area (Å²) >= 11 is 5.25. The van der Waals surface area contributed by atoms with Crippen LogP contribution in [0, 0.1) is 17.5 Å². The summed E-state index contributed by atoms with van der Waals surface area (Å²) < 4.78 is 39.0. The third kappa shape index (κ3) is 1.76. The van der Waals surface area contributed by atoms with Gasteiger partial charge in [-0.25, -0.2) is 13.2 Å². The normalized spacial score (nSPS) is 12.6. The van der Waals surface area contributed by atoms with Crippen LogP contribution in [0.5, 0.6) is 0 Å². The predicted octanol–water partition coefficient (Wildman–Crippen LogP) is 2.94. The molecule has 0 heterocycles.